The number of carbonyl (C=O) groups is 2. The lowest BCUT2D eigenvalue weighted by molar-refractivity contribution is -0.151. The Morgan fingerprint density at radius 1 is 1.19 bits per heavy atom. The predicted octanol–water partition coefficient (Wildman–Crippen LogP) is 4.83. The van der Waals surface area contributed by atoms with E-state index in [1.807, 2.05) is 13.8 Å². The van der Waals surface area contributed by atoms with Crippen LogP contribution in [-0.4, -0.2) is 34.9 Å². The van der Waals surface area contributed by atoms with Crippen LogP contribution >= 0.6 is 0 Å². The molecule has 0 amide bonds. The molecule has 1 aliphatic heterocycles. The summed E-state index contributed by atoms with van der Waals surface area (Å²) in [6, 6.07) is 0. The van der Waals surface area contributed by atoms with Crippen LogP contribution in [0, 0.1) is 23.7 Å². The molecule has 0 aromatic carbocycles. The van der Waals surface area contributed by atoms with E-state index in [9.17, 15) is 4.79 Å². The van der Waals surface area contributed by atoms with Gasteiger partial charge in [0, 0.05) is 13.3 Å². The van der Waals surface area contributed by atoms with Gasteiger partial charge in [-0.05, 0) is 36.5 Å². The van der Waals surface area contributed by atoms with Gasteiger partial charge < -0.3 is 14.9 Å². The van der Waals surface area contributed by atoms with Crippen LogP contribution in [0.4, 0.5) is 0 Å². The molecule has 2 fully saturated rings. The number of aliphatic hydroxyl groups is 1. The molecular formula is C22H40O5. The van der Waals surface area contributed by atoms with Crippen molar-refractivity contribution in [1.82, 2.24) is 0 Å². The maximum atomic E-state index is 10.3. The number of fused-ring (bicyclic) bond motifs is 1. The number of carboxylic acids is 1. The van der Waals surface area contributed by atoms with E-state index in [0.29, 0.717) is 13.0 Å². The zero-order chi connectivity index (χ0) is 20.8. The van der Waals surface area contributed by atoms with Gasteiger partial charge in [-0.2, -0.15) is 0 Å². The van der Waals surface area contributed by atoms with Crippen LogP contribution < -0.4 is 0 Å². The maximum absolute atomic E-state index is 10.3. The van der Waals surface area contributed by atoms with Gasteiger partial charge >= 0.3 is 5.97 Å². The van der Waals surface area contributed by atoms with Gasteiger partial charge in [-0.15, -0.1) is 0 Å². The molecule has 2 aliphatic carbocycles. The first-order valence-corrected chi connectivity index (χ1v) is 10.6. The van der Waals surface area contributed by atoms with E-state index in [4.69, 9.17) is 15.0 Å². The lowest BCUT2D eigenvalue weighted by Gasteiger charge is -2.41. The summed E-state index contributed by atoms with van der Waals surface area (Å²) in [6.07, 6.45) is 12.6. The highest BCUT2D eigenvalue weighted by Crippen LogP contribution is 2.43. The van der Waals surface area contributed by atoms with Crippen molar-refractivity contribution in [1.29, 1.82) is 0 Å². The standard InChI is InChI=1S/C13H22.C5H8O3.C2H4O2.C2H6/c1-3-12-10(2)8-9-11-6-4-5-7-13(11)12;6-4-1-2-8-5(7)3-4;1-2(3)4;1-2/h8-13H,3-7H2,1-2H3;4,6H,1-3H2;1H3,(H,3,4);1-2H3. The molecule has 0 aromatic rings. The number of esters is 1. The van der Waals surface area contributed by atoms with Gasteiger partial charge in [-0.1, -0.05) is 59.1 Å². The van der Waals surface area contributed by atoms with E-state index in [0.717, 1.165) is 30.6 Å². The topological polar surface area (TPSA) is 83.8 Å². The van der Waals surface area contributed by atoms with Crippen molar-refractivity contribution >= 4 is 11.9 Å². The molecule has 1 saturated heterocycles. The first-order valence-electron chi connectivity index (χ1n) is 10.6. The number of aliphatic carboxylic acids is 1. The summed E-state index contributed by atoms with van der Waals surface area (Å²) in [4.78, 5) is 19.3. The van der Waals surface area contributed by atoms with Crippen molar-refractivity contribution in [3.63, 3.8) is 0 Å². The van der Waals surface area contributed by atoms with E-state index >= 15 is 0 Å². The fourth-order valence-corrected chi connectivity index (χ4v) is 4.15. The minimum absolute atomic E-state index is 0.167. The summed E-state index contributed by atoms with van der Waals surface area (Å²) in [6.45, 7) is 10.2. The monoisotopic (exact) mass is 384 g/mol. The molecule has 0 bridgehead atoms. The predicted molar refractivity (Wildman–Crippen MR) is 108 cm³/mol. The normalized spacial score (nSPS) is 31.3. The molecule has 158 valence electrons. The molecular weight excluding hydrogens is 344 g/mol. The Hall–Kier alpha value is -1.36. The molecule has 5 unspecified atom stereocenters. The van der Waals surface area contributed by atoms with Crippen molar-refractivity contribution < 1.29 is 24.5 Å². The Kier molecular flexibility index (Phi) is 13.9. The van der Waals surface area contributed by atoms with Crippen LogP contribution in [0.1, 0.15) is 79.6 Å². The molecule has 5 heteroatoms. The van der Waals surface area contributed by atoms with E-state index in [1.54, 1.807) is 0 Å². The smallest absolute Gasteiger partial charge is 0.308 e. The van der Waals surface area contributed by atoms with Gasteiger partial charge in [0.05, 0.1) is 19.1 Å². The number of hydrogen-bond acceptors (Lipinski definition) is 4. The lowest BCUT2D eigenvalue weighted by Crippen LogP contribution is -2.32. The average molecular weight is 385 g/mol. The highest BCUT2D eigenvalue weighted by Gasteiger charge is 2.34. The lowest BCUT2D eigenvalue weighted by atomic mass is 9.64. The number of rotatable bonds is 1. The van der Waals surface area contributed by atoms with E-state index in [-0.39, 0.29) is 12.4 Å². The molecule has 1 heterocycles. The third-order valence-electron chi connectivity index (χ3n) is 5.35. The Bertz CT molecular complexity index is 442. The zero-order valence-electron chi connectivity index (χ0n) is 17.8. The Morgan fingerprint density at radius 3 is 2.26 bits per heavy atom. The molecule has 5 atom stereocenters. The van der Waals surface area contributed by atoms with Crippen molar-refractivity contribution in [2.75, 3.05) is 6.61 Å². The highest BCUT2D eigenvalue weighted by molar-refractivity contribution is 5.70. The molecule has 1 saturated carbocycles. The van der Waals surface area contributed by atoms with Crippen LogP contribution in [0.3, 0.4) is 0 Å². The molecule has 0 radical (unpaired) electrons. The number of cyclic esters (lactones) is 1. The zero-order valence-corrected chi connectivity index (χ0v) is 17.8. The summed E-state index contributed by atoms with van der Waals surface area (Å²) < 4.78 is 4.55. The second kappa shape index (κ2) is 14.7. The molecule has 27 heavy (non-hydrogen) atoms. The van der Waals surface area contributed by atoms with E-state index in [1.165, 1.54) is 32.1 Å². The van der Waals surface area contributed by atoms with Gasteiger partial charge in [0.25, 0.3) is 5.97 Å². The van der Waals surface area contributed by atoms with Crippen LogP contribution in [0.25, 0.3) is 0 Å². The fourth-order valence-electron chi connectivity index (χ4n) is 4.15. The van der Waals surface area contributed by atoms with Gasteiger partial charge in [0.15, 0.2) is 0 Å². The molecule has 5 nitrogen and oxygen atoms in total. The first-order chi connectivity index (χ1) is 12.8. The molecule has 0 aromatic heterocycles. The number of carboxylic acid groups (broad SMARTS) is 1. The number of allylic oxidation sites excluding steroid dienone is 2. The van der Waals surface area contributed by atoms with Crippen LogP contribution in [0.2, 0.25) is 0 Å². The maximum Gasteiger partial charge on any atom is 0.308 e. The van der Waals surface area contributed by atoms with Crippen molar-refractivity contribution in [3.8, 4) is 0 Å². The third kappa shape index (κ3) is 10.5. The molecule has 2 N–H and O–H groups in total. The SMILES string of the molecule is CC.CC(=O)O.CCC1C(C)C=CC2CCCCC21.O=C1CC(O)CCO1. The second-order valence-corrected chi connectivity index (χ2v) is 7.31. The molecule has 0 spiro atoms. The van der Waals surface area contributed by atoms with Crippen LogP contribution in [-0.2, 0) is 14.3 Å². The third-order valence-corrected chi connectivity index (χ3v) is 5.35. The van der Waals surface area contributed by atoms with Crippen molar-refractivity contribution in [3.05, 3.63) is 12.2 Å². The minimum atomic E-state index is -0.833. The summed E-state index contributed by atoms with van der Waals surface area (Å²) in [5.74, 6) is 2.66. The number of aliphatic hydroxyl groups excluding tert-OH is 1. The summed E-state index contributed by atoms with van der Waals surface area (Å²) in [5, 5.41) is 16.2. The second-order valence-electron chi connectivity index (χ2n) is 7.31. The van der Waals surface area contributed by atoms with Crippen molar-refractivity contribution in [2.45, 2.75) is 85.7 Å². The van der Waals surface area contributed by atoms with Crippen LogP contribution in [0.15, 0.2) is 12.2 Å². The minimum Gasteiger partial charge on any atom is -0.481 e. The first kappa shape index (κ1) is 25.6. The van der Waals surface area contributed by atoms with E-state index in [2.05, 4.69) is 30.7 Å². The Morgan fingerprint density at radius 2 is 1.78 bits per heavy atom. The van der Waals surface area contributed by atoms with Crippen LogP contribution in [0.5, 0.6) is 0 Å². The summed E-state index contributed by atoms with van der Waals surface area (Å²) in [5.41, 5.74) is 0. The fraction of sp³-hybridized carbons (Fsp3) is 0.818. The summed E-state index contributed by atoms with van der Waals surface area (Å²) >= 11 is 0. The quantitative estimate of drug-likeness (QED) is 0.500. The van der Waals surface area contributed by atoms with Gasteiger partial charge in [-0.3, -0.25) is 9.59 Å². The van der Waals surface area contributed by atoms with Crippen molar-refractivity contribution in [2.24, 2.45) is 23.7 Å². The number of carbonyl (C=O) groups excluding carboxylic acids is 1. The Balaban J connectivity index is 0.000000414. The van der Waals surface area contributed by atoms with Gasteiger partial charge in [0.2, 0.25) is 0 Å². The number of hydrogen-bond donors (Lipinski definition) is 2. The number of ether oxygens (including phenoxy) is 1. The van der Waals surface area contributed by atoms with Gasteiger partial charge in [-0.25, -0.2) is 0 Å². The molecule has 3 rings (SSSR count). The average Bonchev–Trinajstić information content (AvgIpc) is 2.63. The largest absolute Gasteiger partial charge is 0.481 e. The Labute approximate surface area is 165 Å². The molecule has 3 aliphatic rings. The summed E-state index contributed by atoms with van der Waals surface area (Å²) in [7, 11) is 0. The van der Waals surface area contributed by atoms with Gasteiger partial charge in [0.1, 0.15) is 0 Å². The van der Waals surface area contributed by atoms with E-state index < -0.39 is 12.1 Å². The highest BCUT2D eigenvalue weighted by atomic mass is 16.5.